The molecule has 0 radical (unpaired) electrons. The summed E-state index contributed by atoms with van der Waals surface area (Å²) in [5, 5.41) is 14.0. The number of hydrogen-bond donors (Lipinski definition) is 1. The molecule has 1 atom stereocenters. The Morgan fingerprint density at radius 2 is 2.09 bits per heavy atom. The zero-order valence-corrected chi connectivity index (χ0v) is 18.3. The van der Waals surface area contributed by atoms with E-state index in [4.69, 9.17) is 4.98 Å². The van der Waals surface area contributed by atoms with Gasteiger partial charge in [-0.05, 0) is 48.7 Å². The van der Waals surface area contributed by atoms with E-state index >= 15 is 0 Å². The number of aromatic nitrogens is 5. The minimum absolute atomic E-state index is 0.0718. The van der Waals surface area contributed by atoms with Crippen molar-refractivity contribution in [2.45, 2.75) is 25.5 Å². The number of hydrogen-bond acceptors (Lipinski definition) is 7. The zero-order valence-electron chi connectivity index (χ0n) is 18.3. The summed E-state index contributed by atoms with van der Waals surface area (Å²) < 4.78 is 15.3. The van der Waals surface area contributed by atoms with Crippen molar-refractivity contribution in [3.05, 3.63) is 60.4 Å². The van der Waals surface area contributed by atoms with Gasteiger partial charge in [0.1, 0.15) is 24.2 Å². The van der Waals surface area contributed by atoms with Crippen molar-refractivity contribution < 1.29 is 14.3 Å². The molecule has 9 nitrogen and oxygen atoms in total. The number of benzene rings is 1. The van der Waals surface area contributed by atoms with Crippen LogP contribution in [-0.4, -0.2) is 66.4 Å². The molecule has 0 bridgehead atoms. The van der Waals surface area contributed by atoms with E-state index in [1.54, 1.807) is 34.1 Å². The Kier molecular flexibility index (Phi) is 4.95. The average molecular weight is 459 g/mol. The lowest BCUT2D eigenvalue weighted by Crippen LogP contribution is -2.32. The lowest BCUT2D eigenvalue weighted by atomic mass is 10.1. The zero-order chi connectivity index (χ0) is 23.2. The molecule has 0 unspecified atom stereocenters. The van der Waals surface area contributed by atoms with E-state index in [2.05, 4.69) is 15.1 Å². The van der Waals surface area contributed by atoms with Gasteiger partial charge in [-0.25, -0.2) is 19.3 Å². The molecule has 10 heteroatoms. The predicted molar refractivity (Wildman–Crippen MR) is 123 cm³/mol. The molecule has 172 valence electrons. The maximum atomic E-state index is 13.7. The fraction of sp³-hybridized carbons (Fsp3) is 0.292. The van der Waals surface area contributed by atoms with Gasteiger partial charge in [0.05, 0.1) is 23.5 Å². The Balaban J connectivity index is 1.30. The molecular formula is C24H22FN7O2. The van der Waals surface area contributed by atoms with Crippen LogP contribution in [0.2, 0.25) is 0 Å². The van der Waals surface area contributed by atoms with E-state index in [0.29, 0.717) is 48.6 Å². The molecule has 3 aromatic heterocycles. The van der Waals surface area contributed by atoms with Gasteiger partial charge >= 0.3 is 0 Å². The van der Waals surface area contributed by atoms with Gasteiger partial charge in [0, 0.05) is 37.1 Å². The fourth-order valence-electron chi connectivity index (χ4n) is 4.67. The highest BCUT2D eigenvalue weighted by Gasteiger charge is 2.26. The van der Waals surface area contributed by atoms with Crippen LogP contribution < -0.4 is 4.90 Å². The number of carbonyl (C=O) groups is 1. The molecule has 6 rings (SSSR count). The highest BCUT2D eigenvalue weighted by molar-refractivity contribution is 5.90. The smallest absolute Gasteiger partial charge is 0.244 e. The van der Waals surface area contributed by atoms with Crippen LogP contribution in [0.4, 0.5) is 15.9 Å². The molecule has 2 aliphatic rings. The second-order valence-electron chi connectivity index (χ2n) is 8.65. The SMILES string of the molecule is O=C(Cn1cc(-c2ccc3ncnc(N4CCc5cc(F)ccc54)c3n2)cn1)N1CC[C@H](O)C1. The fourth-order valence-corrected chi connectivity index (χ4v) is 4.67. The first-order valence-corrected chi connectivity index (χ1v) is 11.2. The minimum atomic E-state index is -0.447. The first kappa shape index (κ1) is 20.7. The Morgan fingerprint density at radius 3 is 2.94 bits per heavy atom. The van der Waals surface area contributed by atoms with Gasteiger partial charge in [-0.3, -0.25) is 9.48 Å². The van der Waals surface area contributed by atoms with E-state index < -0.39 is 6.10 Å². The van der Waals surface area contributed by atoms with Crippen molar-refractivity contribution in [3.8, 4) is 11.3 Å². The molecule has 4 aromatic rings. The number of pyridine rings is 1. The van der Waals surface area contributed by atoms with Crippen molar-refractivity contribution in [3.63, 3.8) is 0 Å². The first-order valence-electron chi connectivity index (χ1n) is 11.2. The molecule has 0 aliphatic carbocycles. The van der Waals surface area contributed by atoms with Gasteiger partial charge in [-0.1, -0.05) is 0 Å². The van der Waals surface area contributed by atoms with Gasteiger partial charge in [-0.2, -0.15) is 5.10 Å². The van der Waals surface area contributed by atoms with Crippen LogP contribution in [0.3, 0.4) is 0 Å². The summed E-state index contributed by atoms with van der Waals surface area (Å²) in [5.74, 6) is 0.356. The quantitative estimate of drug-likeness (QED) is 0.500. The Labute approximate surface area is 194 Å². The second kappa shape index (κ2) is 8.14. The maximum Gasteiger partial charge on any atom is 0.244 e. The highest BCUT2D eigenvalue weighted by Crippen LogP contribution is 2.36. The molecule has 2 aliphatic heterocycles. The molecule has 1 amide bonds. The number of β-amino-alcohol motifs (C(OH)–C–C–N with tert-alkyl or cyclic N) is 1. The number of rotatable bonds is 4. The van der Waals surface area contributed by atoms with Crippen LogP contribution in [-0.2, 0) is 17.8 Å². The van der Waals surface area contributed by atoms with Gasteiger partial charge in [0.15, 0.2) is 5.82 Å². The maximum absolute atomic E-state index is 13.7. The third kappa shape index (κ3) is 3.65. The van der Waals surface area contributed by atoms with Crippen LogP contribution >= 0.6 is 0 Å². The summed E-state index contributed by atoms with van der Waals surface area (Å²) in [6.07, 6.45) is 5.87. The van der Waals surface area contributed by atoms with Crippen LogP contribution in [0.15, 0.2) is 49.1 Å². The normalized spacial score (nSPS) is 17.5. The monoisotopic (exact) mass is 459 g/mol. The third-order valence-electron chi connectivity index (χ3n) is 6.40. The first-order chi connectivity index (χ1) is 16.5. The molecule has 1 aromatic carbocycles. The Hall–Kier alpha value is -3.92. The number of fused-ring (bicyclic) bond motifs is 2. The Bertz CT molecular complexity index is 1410. The van der Waals surface area contributed by atoms with E-state index in [9.17, 15) is 14.3 Å². The molecule has 1 fully saturated rings. The number of halogens is 1. The summed E-state index contributed by atoms with van der Waals surface area (Å²) in [6, 6.07) is 8.55. The largest absolute Gasteiger partial charge is 0.391 e. The summed E-state index contributed by atoms with van der Waals surface area (Å²) >= 11 is 0. The van der Waals surface area contributed by atoms with E-state index in [0.717, 1.165) is 23.2 Å². The number of aliphatic hydroxyl groups excluding tert-OH is 1. The minimum Gasteiger partial charge on any atom is -0.391 e. The van der Waals surface area contributed by atoms with Gasteiger partial charge in [-0.15, -0.1) is 0 Å². The third-order valence-corrected chi connectivity index (χ3v) is 6.40. The molecule has 0 spiro atoms. The number of carbonyl (C=O) groups excluding carboxylic acids is 1. The predicted octanol–water partition coefficient (Wildman–Crippen LogP) is 2.31. The number of aliphatic hydroxyl groups is 1. The van der Waals surface area contributed by atoms with Crippen LogP contribution in [0, 0.1) is 5.82 Å². The summed E-state index contributed by atoms with van der Waals surface area (Å²) in [7, 11) is 0. The van der Waals surface area contributed by atoms with Crippen LogP contribution in [0.25, 0.3) is 22.3 Å². The topological polar surface area (TPSA) is 100 Å². The van der Waals surface area contributed by atoms with Crippen LogP contribution in [0.1, 0.15) is 12.0 Å². The number of anilines is 2. The molecule has 1 N–H and O–H groups in total. The summed E-state index contributed by atoms with van der Waals surface area (Å²) in [4.78, 5) is 29.9. The lowest BCUT2D eigenvalue weighted by Gasteiger charge is -2.19. The number of nitrogens with zero attached hydrogens (tertiary/aromatic N) is 7. The molecular weight excluding hydrogens is 437 g/mol. The van der Waals surface area contributed by atoms with E-state index in [1.807, 2.05) is 17.0 Å². The summed E-state index contributed by atoms with van der Waals surface area (Å²) in [6.45, 7) is 1.72. The van der Waals surface area contributed by atoms with Crippen molar-refractivity contribution in [1.29, 1.82) is 0 Å². The van der Waals surface area contributed by atoms with E-state index in [-0.39, 0.29) is 18.3 Å². The second-order valence-corrected chi connectivity index (χ2v) is 8.65. The van der Waals surface area contributed by atoms with Gasteiger partial charge in [0.25, 0.3) is 0 Å². The molecule has 0 saturated carbocycles. The van der Waals surface area contributed by atoms with Crippen LogP contribution in [0.5, 0.6) is 0 Å². The van der Waals surface area contributed by atoms with Gasteiger partial charge in [0.2, 0.25) is 5.91 Å². The van der Waals surface area contributed by atoms with Crippen molar-refractivity contribution >= 4 is 28.4 Å². The standard InChI is InChI=1S/C24H22FN7O2/c25-17-1-4-21-15(9-17)5-8-32(21)24-23-20(26-14-27-24)3-2-19(29-23)16-10-28-31(11-16)13-22(34)30-7-6-18(33)12-30/h1-4,9-11,14,18,33H,5-8,12-13H2/t18-/m0/s1. The molecule has 1 saturated heterocycles. The average Bonchev–Trinajstić information content (AvgIpc) is 3.58. The van der Waals surface area contributed by atoms with E-state index in [1.165, 1.54) is 12.4 Å². The van der Waals surface area contributed by atoms with Crippen molar-refractivity contribution in [2.24, 2.45) is 0 Å². The Morgan fingerprint density at radius 1 is 1.18 bits per heavy atom. The number of likely N-dealkylation sites (tertiary alicyclic amines) is 1. The highest BCUT2D eigenvalue weighted by atomic mass is 19.1. The van der Waals surface area contributed by atoms with Gasteiger partial charge < -0.3 is 14.9 Å². The number of amides is 1. The summed E-state index contributed by atoms with van der Waals surface area (Å²) in [5.41, 5.74) is 4.69. The lowest BCUT2D eigenvalue weighted by molar-refractivity contribution is -0.131. The van der Waals surface area contributed by atoms with Crippen molar-refractivity contribution in [1.82, 2.24) is 29.6 Å². The molecule has 34 heavy (non-hydrogen) atoms. The van der Waals surface area contributed by atoms with Crippen molar-refractivity contribution in [2.75, 3.05) is 24.5 Å². The molecule has 5 heterocycles.